The van der Waals surface area contributed by atoms with E-state index in [1.165, 1.54) is 25.3 Å². The van der Waals surface area contributed by atoms with Gasteiger partial charge < -0.3 is 4.74 Å². The van der Waals surface area contributed by atoms with E-state index in [2.05, 4.69) is 4.72 Å². The number of sulfonamides is 1. The van der Waals surface area contributed by atoms with Gasteiger partial charge in [-0.2, -0.15) is 5.26 Å². The van der Waals surface area contributed by atoms with Crippen LogP contribution in [0.25, 0.3) is 0 Å². The quantitative estimate of drug-likeness (QED) is 0.938. The van der Waals surface area contributed by atoms with Crippen molar-refractivity contribution in [1.29, 1.82) is 5.26 Å². The molecule has 7 heteroatoms. The molecule has 2 aromatic carbocycles. The molecule has 0 saturated carbocycles. The Kier molecular flexibility index (Phi) is 4.36. The van der Waals surface area contributed by atoms with Crippen molar-refractivity contribution in [2.75, 3.05) is 11.8 Å². The number of ether oxygens (including phenoxy) is 1. The van der Waals surface area contributed by atoms with E-state index in [0.717, 1.165) is 0 Å². The number of anilines is 1. The Morgan fingerprint density at radius 2 is 1.95 bits per heavy atom. The summed E-state index contributed by atoms with van der Waals surface area (Å²) in [5.41, 5.74) is 0.594. The van der Waals surface area contributed by atoms with Gasteiger partial charge in [-0.15, -0.1) is 0 Å². The molecule has 2 rings (SSSR count). The molecule has 0 saturated heterocycles. The molecule has 0 aromatic heterocycles. The maximum absolute atomic E-state index is 12.4. The van der Waals surface area contributed by atoms with E-state index >= 15 is 0 Å². The number of benzene rings is 2. The van der Waals surface area contributed by atoms with Crippen LogP contribution in [-0.2, 0) is 10.0 Å². The largest absolute Gasteiger partial charge is 0.495 e. The second-order valence-electron chi connectivity index (χ2n) is 4.06. The Labute approximate surface area is 127 Å². The molecule has 0 aliphatic rings. The minimum Gasteiger partial charge on any atom is -0.495 e. The standard InChI is InChI=1S/C14H11ClN2O3S/c1-20-13-5-3-2-4-12(13)17-21(18,19)14-7-6-10(9-16)8-11(14)15/h2-8,17H,1H3. The Morgan fingerprint density at radius 1 is 1.24 bits per heavy atom. The molecule has 0 heterocycles. The van der Waals surface area contributed by atoms with E-state index in [4.69, 9.17) is 21.6 Å². The van der Waals surface area contributed by atoms with Crippen molar-refractivity contribution in [3.63, 3.8) is 0 Å². The maximum Gasteiger partial charge on any atom is 0.263 e. The molecule has 0 atom stereocenters. The van der Waals surface area contributed by atoms with Crippen LogP contribution in [0.2, 0.25) is 5.02 Å². The number of hydrogen-bond donors (Lipinski definition) is 1. The van der Waals surface area contributed by atoms with Gasteiger partial charge in [0.15, 0.2) is 0 Å². The lowest BCUT2D eigenvalue weighted by Gasteiger charge is -2.12. The second kappa shape index (κ2) is 6.04. The first-order valence-corrected chi connectivity index (χ1v) is 7.69. The molecule has 108 valence electrons. The first kappa shape index (κ1) is 15.2. The predicted octanol–water partition coefficient (Wildman–Crippen LogP) is 3.02. The van der Waals surface area contributed by atoms with Crippen molar-refractivity contribution < 1.29 is 13.2 Å². The molecule has 0 spiro atoms. The normalized spacial score (nSPS) is 10.7. The molecular formula is C14H11ClN2O3S. The molecule has 5 nitrogen and oxygen atoms in total. The SMILES string of the molecule is COc1ccccc1NS(=O)(=O)c1ccc(C#N)cc1Cl. The average Bonchev–Trinajstić information content (AvgIpc) is 2.47. The summed E-state index contributed by atoms with van der Waals surface area (Å²) >= 11 is 5.93. The van der Waals surface area contributed by atoms with Gasteiger partial charge in [0.1, 0.15) is 10.6 Å². The van der Waals surface area contributed by atoms with Gasteiger partial charge in [-0.25, -0.2) is 8.42 Å². The molecule has 0 amide bonds. The van der Waals surface area contributed by atoms with Crippen molar-refractivity contribution >= 4 is 27.3 Å². The molecule has 0 aliphatic carbocycles. The highest BCUT2D eigenvalue weighted by Crippen LogP contribution is 2.29. The molecule has 0 bridgehead atoms. The number of nitrogens with one attached hydrogen (secondary N) is 1. The molecule has 0 fully saturated rings. The third-order valence-electron chi connectivity index (χ3n) is 2.70. The molecule has 0 aliphatic heterocycles. The number of nitriles is 1. The molecule has 0 unspecified atom stereocenters. The van der Waals surface area contributed by atoms with Gasteiger partial charge in [0, 0.05) is 0 Å². The van der Waals surface area contributed by atoms with E-state index in [9.17, 15) is 8.42 Å². The van der Waals surface area contributed by atoms with Crippen LogP contribution in [0.5, 0.6) is 5.75 Å². The van der Waals surface area contributed by atoms with Crippen molar-refractivity contribution in [3.8, 4) is 11.8 Å². The number of rotatable bonds is 4. The summed E-state index contributed by atoms with van der Waals surface area (Å²) in [6.07, 6.45) is 0. The van der Waals surface area contributed by atoms with E-state index in [1.807, 2.05) is 6.07 Å². The topological polar surface area (TPSA) is 79.2 Å². The number of nitrogens with zero attached hydrogens (tertiary/aromatic N) is 1. The van der Waals surface area contributed by atoms with Gasteiger partial charge in [-0.1, -0.05) is 23.7 Å². The zero-order chi connectivity index (χ0) is 15.5. The van der Waals surface area contributed by atoms with Gasteiger partial charge in [0.2, 0.25) is 0 Å². The van der Waals surface area contributed by atoms with Crippen LogP contribution in [0, 0.1) is 11.3 Å². The Bertz CT molecular complexity index is 813. The van der Waals surface area contributed by atoms with Crippen molar-refractivity contribution in [2.24, 2.45) is 0 Å². The van der Waals surface area contributed by atoms with E-state index in [-0.39, 0.29) is 15.5 Å². The number of para-hydroxylation sites is 2. The number of methoxy groups -OCH3 is 1. The lowest BCUT2D eigenvalue weighted by Crippen LogP contribution is -2.14. The van der Waals surface area contributed by atoms with Crippen LogP contribution >= 0.6 is 11.6 Å². The maximum atomic E-state index is 12.4. The van der Waals surface area contributed by atoms with Crippen LogP contribution in [0.3, 0.4) is 0 Å². The summed E-state index contributed by atoms with van der Waals surface area (Å²) in [6, 6.07) is 12.5. The smallest absolute Gasteiger partial charge is 0.263 e. The van der Waals surface area contributed by atoms with Gasteiger partial charge >= 0.3 is 0 Å². The lowest BCUT2D eigenvalue weighted by atomic mass is 10.2. The Hall–Kier alpha value is -2.23. The van der Waals surface area contributed by atoms with Crippen molar-refractivity contribution in [2.45, 2.75) is 4.90 Å². The first-order chi connectivity index (χ1) is 9.97. The van der Waals surface area contributed by atoms with Crippen LogP contribution in [0.15, 0.2) is 47.4 Å². The van der Waals surface area contributed by atoms with Gasteiger partial charge in [0.05, 0.1) is 29.5 Å². The number of hydrogen-bond acceptors (Lipinski definition) is 4. The fraction of sp³-hybridized carbons (Fsp3) is 0.0714. The minimum absolute atomic E-state index is 0.0172. The predicted molar refractivity (Wildman–Crippen MR) is 80.0 cm³/mol. The van der Waals surface area contributed by atoms with E-state index < -0.39 is 10.0 Å². The number of halogens is 1. The summed E-state index contributed by atoms with van der Waals surface area (Å²) < 4.78 is 32.2. The highest BCUT2D eigenvalue weighted by Gasteiger charge is 2.19. The fourth-order valence-electron chi connectivity index (χ4n) is 1.72. The van der Waals surface area contributed by atoms with E-state index in [0.29, 0.717) is 11.4 Å². The first-order valence-electron chi connectivity index (χ1n) is 5.83. The lowest BCUT2D eigenvalue weighted by molar-refractivity contribution is 0.417. The average molecular weight is 323 g/mol. The highest BCUT2D eigenvalue weighted by atomic mass is 35.5. The van der Waals surface area contributed by atoms with Crippen molar-refractivity contribution in [1.82, 2.24) is 0 Å². The Morgan fingerprint density at radius 3 is 2.57 bits per heavy atom. The van der Waals surface area contributed by atoms with Gasteiger partial charge in [0.25, 0.3) is 10.0 Å². The van der Waals surface area contributed by atoms with Gasteiger partial charge in [-0.05, 0) is 30.3 Å². The Balaban J connectivity index is 2.42. The van der Waals surface area contributed by atoms with Crippen LogP contribution in [0.4, 0.5) is 5.69 Å². The van der Waals surface area contributed by atoms with Crippen LogP contribution < -0.4 is 9.46 Å². The molecule has 21 heavy (non-hydrogen) atoms. The summed E-state index contributed by atoms with van der Waals surface area (Å²) in [5, 5.41) is 8.75. The molecule has 2 aromatic rings. The molecule has 1 N–H and O–H groups in total. The zero-order valence-corrected chi connectivity index (χ0v) is 12.6. The second-order valence-corrected chi connectivity index (χ2v) is 6.12. The minimum atomic E-state index is -3.87. The molecular weight excluding hydrogens is 312 g/mol. The summed E-state index contributed by atoms with van der Waals surface area (Å²) in [7, 11) is -2.43. The third kappa shape index (κ3) is 3.27. The third-order valence-corrected chi connectivity index (χ3v) is 4.55. The van der Waals surface area contributed by atoms with E-state index in [1.54, 1.807) is 24.3 Å². The molecule has 0 radical (unpaired) electrons. The van der Waals surface area contributed by atoms with Crippen LogP contribution in [0.1, 0.15) is 5.56 Å². The van der Waals surface area contributed by atoms with Crippen LogP contribution in [-0.4, -0.2) is 15.5 Å². The summed E-state index contributed by atoms with van der Waals surface area (Å²) in [4.78, 5) is -0.103. The summed E-state index contributed by atoms with van der Waals surface area (Å²) in [6.45, 7) is 0. The fourth-order valence-corrected chi connectivity index (χ4v) is 3.33. The highest BCUT2D eigenvalue weighted by molar-refractivity contribution is 7.92. The van der Waals surface area contributed by atoms with Gasteiger partial charge in [-0.3, -0.25) is 4.72 Å². The zero-order valence-electron chi connectivity index (χ0n) is 11.0. The monoisotopic (exact) mass is 322 g/mol. The summed E-state index contributed by atoms with van der Waals surface area (Å²) in [5.74, 6) is 0.394. The van der Waals surface area contributed by atoms with Crippen molar-refractivity contribution in [3.05, 3.63) is 53.1 Å².